The molecule has 0 saturated heterocycles. The zero-order valence-electron chi connectivity index (χ0n) is 10.7. The summed E-state index contributed by atoms with van der Waals surface area (Å²) in [6.45, 7) is 0. The maximum atomic E-state index is 13.8. The molecular weight excluding hydrogens is 295 g/mol. The number of nitrogens with two attached hydrogens (primary N) is 1. The normalized spacial score (nSPS) is 10.3. The Labute approximate surface area is 124 Å². The lowest BCUT2D eigenvalue weighted by atomic mass is 10.1. The first kappa shape index (κ1) is 15.0. The molecule has 5 nitrogen and oxygen atoms in total. The van der Waals surface area contributed by atoms with Crippen LogP contribution < -0.4 is 5.73 Å². The molecule has 1 aromatic heterocycles. The molecule has 1 heterocycles. The Kier molecular flexibility index (Phi) is 4.54. The van der Waals surface area contributed by atoms with Crippen LogP contribution in [0.25, 0.3) is 0 Å². The Morgan fingerprint density at radius 3 is 2.71 bits per heavy atom. The fourth-order valence-electron chi connectivity index (χ4n) is 1.63. The number of rotatable bonds is 5. The van der Waals surface area contributed by atoms with Crippen molar-refractivity contribution in [3.63, 3.8) is 0 Å². The van der Waals surface area contributed by atoms with E-state index in [1.54, 1.807) is 0 Å². The van der Waals surface area contributed by atoms with Gasteiger partial charge in [-0.3, -0.25) is 4.79 Å². The summed E-state index contributed by atoms with van der Waals surface area (Å²) in [6.07, 6.45) is 1.47. The second-order valence-electron chi connectivity index (χ2n) is 4.12. The van der Waals surface area contributed by atoms with E-state index < -0.39 is 17.7 Å². The summed E-state index contributed by atoms with van der Waals surface area (Å²) in [5.74, 6) is -2.16. The van der Waals surface area contributed by atoms with Gasteiger partial charge in [-0.2, -0.15) is 0 Å². The molecule has 0 atom stereocenters. The summed E-state index contributed by atoms with van der Waals surface area (Å²) in [6, 6.07) is 6.90. The number of hydrogen-bond acceptors (Lipinski definition) is 4. The molecule has 0 saturated carbocycles. The molecule has 2 aromatic rings. The molecule has 21 heavy (non-hydrogen) atoms. The molecule has 0 aliphatic rings. The average molecular weight is 306 g/mol. The first-order valence-corrected chi connectivity index (χ1v) is 6.87. The van der Waals surface area contributed by atoms with Crippen LogP contribution >= 0.6 is 11.8 Å². The Balaban J connectivity index is 2.17. The molecule has 0 aliphatic heterocycles. The van der Waals surface area contributed by atoms with E-state index in [-0.39, 0.29) is 16.9 Å². The average Bonchev–Trinajstić information content (AvgIpc) is 2.46. The largest absolute Gasteiger partial charge is 0.478 e. The molecule has 3 N–H and O–H groups in total. The van der Waals surface area contributed by atoms with Crippen LogP contribution in [0.4, 0.5) is 4.39 Å². The number of halogens is 1. The number of carboxylic acids is 1. The van der Waals surface area contributed by atoms with Gasteiger partial charge in [-0.1, -0.05) is 6.07 Å². The summed E-state index contributed by atoms with van der Waals surface area (Å²) >= 11 is 1.11. The third-order valence-corrected chi connectivity index (χ3v) is 3.76. The van der Waals surface area contributed by atoms with Gasteiger partial charge in [-0.25, -0.2) is 14.2 Å². The number of aromatic carboxylic acids is 1. The minimum Gasteiger partial charge on any atom is -0.478 e. The van der Waals surface area contributed by atoms with Gasteiger partial charge >= 0.3 is 5.97 Å². The van der Waals surface area contributed by atoms with E-state index in [9.17, 15) is 14.0 Å². The standard InChI is InChI=1S/C14H11FN2O3S/c15-11-6-8(12(16)18)3-4-9(11)7-21-13-10(14(19)20)2-1-5-17-13/h1-6H,7H2,(H2,16,18)(H,19,20). The highest BCUT2D eigenvalue weighted by Gasteiger charge is 2.13. The number of carbonyl (C=O) groups excluding carboxylic acids is 1. The molecule has 1 amide bonds. The number of benzene rings is 1. The number of amides is 1. The predicted molar refractivity (Wildman–Crippen MR) is 75.7 cm³/mol. The van der Waals surface area contributed by atoms with Crippen molar-refractivity contribution in [2.45, 2.75) is 10.8 Å². The third kappa shape index (κ3) is 3.57. The monoisotopic (exact) mass is 306 g/mol. The fourth-order valence-corrected chi connectivity index (χ4v) is 2.60. The summed E-state index contributed by atoms with van der Waals surface area (Å²) < 4.78 is 13.8. The van der Waals surface area contributed by atoms with Gasteiger partial charge in [0.25, 0.3) is 0 Å². The van der Waals surface area contributed by atoms with Crippen molar-refractivity contribution in [2.75, 3.05) is 0 Å². The first-order valence-electron chi connectivity index (χ1n) is 5.88. The second kappa shape index (κ2) is 6.36. The maximum absolute atomic E-state index is 13.8. The van der Waals surface area contributed by atoms with Gasteiger partial charge in [-0.15, -0.1) is 11.8 Å². The molecule has 0 fully saturated rings. The van der Waals surface area contributed by atoms with Gasteiger partial charge in [0.05, 0.1) is 5.56 Å². The van der Waals surface area contributed by atoms with E-state index in [0.29, 0.717) is 10.6 Å². The van der Waals surface area contributed by atoms with Crippen molar-refractivity contribution in [1.29, 1.82) is 0 Å². The number of carboxylic acid groups (broad SMARTS) is 1. The van der Waals surface area contributed by atoms with Crippen LogP contribution in [-0.2, 0) is 5.75 Å². The van der Waals surface area contributed by atoms with Crippen molar-refractivity contribution in [2.24, 2.45) is 5.73 Å². The lowest BCUT2D eigenvalue weighted by molar-refractivity contribution is 0.0692. The lowest BCUT2D eigenvalue weighted by Crippen LogP contribution is -2.11. The second-order valence-corrected chi connectivity index (χ2v) is 5.08. The molecule has 0 aliphatic carbocycles. The van der Waals surface area contributed by atoms with E-state index in [1.807, 2.05) is 0 Å². The van der Waals surface area contributed by atoms with E-state index in [2.05, 4.69) is 4.98 Å². The van der Waals surface area contributed by atoms with Crippen molar-refractivity contribution >= 4 is 23.6 Å². The molecule has 2 rings (SSSR count). The van der Waals surface area contributed by atoms with Crippen LogP contribution in [0, 0.1) is 5.82 Å². The van der Waals surface area contributed by atoms with Gasteiger partial charge in [0.2, 0.25) is 5.91 Å². The minimum atomic E-state index is -1.09. The Morgan fingerprint density at radius 1 is 1.33 bits per heavy atom. The van der Waals surface area contributed by atoms with Gasteiger partial charge < -0.3 is 10.8 Å². The number of aromatic nitrogens is 1. The molecule has 0 unspecified atom stereocenters. The number of thioether (sulfide) groups is 1. The Hall–Kier alpha value is -2.41. The molecule has 0 radical (unpaired) electrons. The highest BCUT2D eigenvalue weighted by Crippen LogP contribution is 2.25. The fraction of sp³-hybridized carbons (Fsp3) is 0.0714. The van der Waals surface area contributed by atoms with Crippen LogP contribution in [0.3, 0.4) is 0 Å². The molecule has 0 bridgehead atoms. The predicted octanol–water partition coefficient (Wildman–Crippen LogP) is 2.31. The number of primary amides is 1. The van der Waals surface area contributed by atoms with Crippen molar-refractivity contribution < 1.29 is 19.1 Å². The van der Waals surface area contributed by atoms with Gasteiger partial charge in [0.1, 0.15) is 10.8 Å². The molecule has 108 valence electrons. The lowest BCUT2D eigenvalue weighted by Gasteiger charge is -2.06. The van der Waals surface area contributed by atoms with E-state index in [1.165, 1.54) is 30.5 Å². The van der Waals surface area contributed by atoms with E-state index in [0.717, 1.165) is 17.8 Å². The molecule has 0 spiro atoms. The summed E-state index contributed by atoms with van der Waals surface area (Å²) in [5.41, 5.74) is 5.56. The number of pyridine rings is 1. The molecule has 1 aromatic carbocycles. The van der Waals surface area contributed by atoms with Gasteiger partial charge in [-0.05, 0) is 29.8 Å². The van der Waals surface area contributed by atoms with Crippen molar-refractivity contribution in [1.82, 2.24) is 4.98 Å². The molecular formula is C14H11FN2O3S. The Morgan fingerprint density at radius 2 is 2.10 bits per heavy atom. The SMILES string of the molecule is NC(=O)c1ccc(CSc2ncccc2C(=O)O)c(F)c1. The van der Waals surface area contributed by atoms with Gasteiger partial charge in [0.15, 0.2) is 0 Å². The zero-order valence-corrected chi connectivity index (χ0v) is 11.6. The maximum Gasteiger partial charge on any atom is 0.338 e. The van der Waals surface area contributed by atoms with Crippen LogP contribution in [0.2, 0.25) is 0 Å². The van der Waals surface area contributed by atoms with E-state index >= 15 is 0 Å². The summed E-state index contributed by atoms with van der Waals surface area (Å²) in [5, 5.41) is 9.34. The van der Waals surface area contributed by atoms with Crippen molar-refractivity contribution in [3.8, 4) is 0 Å². The van der Waals surface area contributed by atoms with Crippen LogP contribution in [0.5, 0.6) is 0 Å². The Bertz CT molecular complexity index is 706. The highest BCUT2D eigenvalue weighted by atomic mass is 32.2. The quantitative estimate of drug-likeness (QED) is 0.827. The highest BCUT2D eigenvalue weighted by molar-refractivity contribution is 7.98. The summed E-state index contributed by atoms with van der Waals surface area (Å²) in [4.78, 5) is 26.0. The number of hydrogen-bond donors (Lipinski definition) is 2. The van der Waals surface area contributed by atoms with Crippen LogP contribution in [0.15, 0.2) is 41.6 Å². The number of nitrogens with zero attached hydrogens (tertiary/aromatic N) is 1. The van der Waals surface area contributed by atoms with E-state index in [4.69, 9.17) is 10.8 Å². The minimum absolute atomic E-state index is 0.0664. The molecule has 7 heteroatoms. The topological polar surface area (TPSA) is 93.3 Å². The smallest absolute Gasteiger partial charge is 0.338 e. The summed E-state index contributed by atoms with van der Waals surface area (Å²) in [7, 11) is 0. The zero-order chi connectivity index (χ0) is 15.4. The third-order valence-electron chi connectivity index (χ3n) is 2.70. The van der Waals surface area contributed by atoms with Crippen LogP contribution in [-0.4, -0.2) is 22.0 Å². The first-order chi connectivity index (χ1) is 9.99. The number of carbonyl (C=O) groups is 2. The van der Waals surface area contributed by atoms with Gasteiger partial charge in [0, 0.05) is 17.5 Å². The van der Waals surface area contributed by atoms with Crippen LogP contribution in [0.1, 0.15) is 26.3 Å². The van der Waals surface area contributed by atoms with Crippen molar-refractivity contribution in [3.05, 3.63) is 59.0 Å².